The number of esters is 1. The Balaban J connectivity index is 1.27. The molecule has 4 heterocycles. The first kappa shape index (κ1) is 41.0. The molecule has 58 heavy (non-hydrogen) atoms. The van der Waals surface area contributed by atoms with Gasteiger partial charge < -0.3 is 29.3 Å². The third kappa shape index (κ3) is 7.48. The monoisotopic (exact) mass is 852 g/mol. The minimum Gasteiger partial charge on any atom is -0.455 e. The molecule has 1 spiro atoms. The van der Waals surface area contributed by atoms with Crippen molar-refractivity contribution in [1.82, 2.24) is 29.7 Å². The maximum Gasteiger partial charge on any atom is 0.313 e. The Labute approximate surface area is 346 Å². The number of likely N-dealkylation sites (N-methyl/N-ethyl adjacent to an activating group) is 1. The van der Waals surface area contributed by atoms with E-state index in [0.717, 1.165) is 5.56 Å². The second-order valence-electron chi connectivity index (χ2n) is 15.3. The topological polar surface area (TPSA) is 147 Å². The summed E-state index contributed by atoms with van der Waals surface area (Å²) < 4.78 is 14.9. The summed E-state index contributed by atoms with van der Waals surface area (Å²) in [5, 5.41) is 19.6. The van der Waals surface area contributed by atoms with Gasteiger partial charge in [0.05, 0.1) is 42.1 Å². The number of para-hydroxylation sites is 1. The first-order chi connectivity index (χ1) is 28.0. The third-order valence-electron chi connectivity index (χ3n) is 11.9. The molecule has 304 valence electrons. The molecule has 9 atom stereocenters. The molecule has 7 rings (SSSR count). The molecule has 3 fully saturated rings. The summed E-state index contributed by atoms with van der Waals surface area (Å²) in [6.07, 6.45) is 2.85. The van der Waals surface area contributed by atoms with Gasteiger partial charge in [0, 0.05) is 24.8 Å². The molecule has 0 radical (unpaired) electrons. The molecule has 13 nitrogen and oxygen atoms in total. The van der Waals surface area contributed by atoms with E-state index in [9.17, 15) is 14.7 Å². The van der Waals surface area contributed by atoms with E-state index in [1.54, 1.807) is 33.7 Å². The number of benzene rings is 3. The number of likely N-dealkylation sites (tertiary alicyclic amines) is 1. The molecule has 4 aromatic rings. The summed E-state index contributed by atoms with van der Waals surface area (Å²) in [4.78, 5) is 62.6. The fourth-order valence-corrected chi connectivity index (χ4v) is 9.94. The Kier molecular flexibility index (Phi) is 12.3. The van der Waals surface area contributed by atoms with Gasteiger partial charge >= 0.3 is 5.97 Å². The lowest BCUT2D eigenvalue weighted by molar-refractivity contribution is -0.165. The molecule has 3 saturated heterocycles. The van der Waals surface area contributed by atoms with Crippen molar-refractivity contribution in [2.24, 2.45) is 11.8 Å². The molecule has 3 amide bonds. The van der Waals surface area contributed by atoms with Crippen LogP contribution in [0.15, 0.2) is 110 Å². The SMILES string of the molecule is C=CCCC(=O)N(C)[C@@H](C)[C@@H](OC(=O)[C@H]1[C@@H]2O[C@@]3(CC2Br)[C@@H]1C(=O)N([C@@H](CO)Cc1ccccc1)[C@@H]3C(=O)N(CC=C)Cn1nnc2ccccc21)c1ccccc1. The van der Waals surface area contributed by atoms with Gasteiger partial charge in [-0.1, -0.05) is 106 Å². The number of alkyl halides is 1. The van der Waals surface area contributed by atoms with E-state index in [1.807, 2.05) is 91.9 Å². The van der Waals surface area contributed by atoms with Crippen LogP contribution in [0.3, 0.4) is 0 Å². The van der Waals surface area contributed by atoms with Gasteiger partial charge in [0.2, 0.25) is 17.7 Å². The Hall–Kier alpha value is -5.18. The lowest BCUT2D eigenvalue weighted by Crippen LogP contribution is -2.59. The number of aliphatic hydroxyl groups is 1. The maximum absolute atomic E-state index is 15.3. The Bertz CT molecular complexity index is 2150. The van der Waals surface area contributed by atoms with Crippen LogP contribution in [0.5, 0.6) is 0 Å². The van der Waals surface area contributed by atoms with Gasteiger partial charge in [0.1, 0.15) is 29.9 Å². The van der Waals surface area contributed by atoms with E-state index in [0.29, 0.717) is 23.0 Å². The van der Waals surface area contributed by atoms with E-state index in [1.165, 1.54) is 4.90 Å². The third-order valence-corrected chi connectivity index (χ3v) is 12.8. The molecule has 3 aromatic carbocycles. The molecule has 0 aliphatic carbocycles. The van der Waals surface area contributed by atoms with Crippen LogP contribution in [0.25, 0.3) is 11.0 Å². The van der Waals surface area contributed by atoms with Crippen molar-refractivity contribution < 1.29 is 33.8 Å². The predicted octanol–water partition coefficient (Wildman–Crippen LogP) is 4.85. The number of nitrogens with zero attached hydrogens (tertiary/aromatic N) is 6. The summed E-state index contributed by atoms with van der Waals surface area (Å²) in [7, 11) is 1.68. The number of hydrogen-bond acceptors (Lipinski definition) is 9. The van der Waals surface area contributed by atoms with E-state index in [-0.39, 0.29) is 38.4 Å². The summed E-state index contributed by atoms with van der Waals surface area (Å²) in [5.74, 6) is -3.92. The normalized spacial score (nSPS) is 24.9. The van der Waals surface area contributed by atoms with Gasteiger partial charge in [0.25, 0.3) is 0 Å². The van der Waals surface area contributed by atoms with Crippen LogP contribution in [0.1, 0.15) is 43.4 Å². The van der Waals surface area contributed by atoms with Gasteiger partial charge in [-0.3, -0.25) is 19.2 Å². The number of halogens is 1. The van der Waals surface area contributed by atoms with Crippen LogP contribution >= 0.6 is 15.9 Å². The highest BCUT2D eigenvalue weighted by atomic mass is 79.9. The van der Waals surface area contributed by atoms with Crippen LogP contribution in [-0.2, 0) is 41.7 Å². The second-order valence-corrected chi connectivity index (χ2v) is 16.5. The molecule has 0 saturated carbocycles. The van der Waals surface area contributed by atoms with Gasteiger partial charge in [-0.25, -0.2) is 4.68 Å². The molecule has 1 aromatic heterocycles. The first-order valence-electron chi connectivity index (χ1n) is 19.6. The minimum atomic E-state index is -1.45. The van der Waals surface area contributed by atoms with Gasteiger partial charge in [-0.05, 0) is 49.4 Å². The highest BCUT2D eigenvalue weighted by Crippen LogP contribution is 2.61. The number of fused-ring (bicyclic) bond motifs is 2. The predicted molar refractivity (Wildman–Crippen MR) is 220 cm³/mol. The average Bonchev–Trinajstić information content (AvgIpc) is 3.97. The van der Waals surface area contributed by atoms with Crippen molar-refractivity contribution in [2.45, 2.75) is 80.0 Å². The molecular formula is C44H49BrN6O7. The smallest absolute Gasteiger partial charge is 0.313 e. The van der Waals surface area contributed by atoms with Crippen molar-refractivity contribution >= 4 is 50.7 Å². The molecule has 1 unspecified atom stereocenters. The van der Waals surface area contributed by atoms with Crippen LogP contribution < -0.4 is 0 Å². The number of hydrogen-bond donors (Lipinski definition) is 1. The molecule has 14 heteroatoms. The number of amides is 3. The largest absolute Gasteiger partial charge is 0.455 e. The fraction of sp³-hybridized carbons (Fsp3) is 0.409. The number of rotatable bonds is 17. The average molecular weight is 854 g/mol. The van der Waals surface area contributed by atoms with Crippen molar-refractivity contribution in [1.29, 1.82) is 0 Å². The van der Waals surface area contributed by atoms with Crippen molar-refractivity contribution in [2.75, 3.05) is 20.2 Å². The molecule has 1 N–H and O–H groups in total. The number of carbonyl (C=O) groups is 4. The number of aromatic nitrogens is 3. The highest BCUT2D eigenvalue weighted by molar-refractivity contribution is 9.09. The van der Waals surface area contributed by atoms with E-state index in [4.69, 9.17) is 9.47 Å². The van der Waals surface area contributed by atoms with Gasteiger partial charge in [-0.2, -0.15) is 0 Å². The Morgan fingerprint density at radius 3 is 2.43 bits per heavy atom. The summed E-state index contributed by atoms with van der Waals surface area (Å²) in [6.45, 7) is 9.13. The molecule has 3 aliphatic rings. The minimum absolute atomic E-state index is 0.00452. The van der Waals surface area contributed by atoms with Crippen LogP contribution in [0.2, 0.25) is 0 Å². The fourth-order valence-electron chi connectivity index (χ4n) is 9.00. The number of allylic oxidation sites excluding steroid dienone is 1. The van der Waals surface area contributed by atoms with Crippen LogP contribution in [0.4, 0.5) is 0 Å². The Morgan fingerprint density at radius 1 is 1.05 bits per heavy atom. The molecule has 3 aliphatic heterocycles. The zero-order valence-corrected chi connectivity index (χ0v) is 34.3. The van der Waals surface area contributed by atoms with Crippen molar-refractivity contribution in [3.63, 3.8) is 0 Å². The second kappa shape index (κ2) is 17.4. The van der Waals surface area contributed by atoms with Crippen LogP contribution in [0, 0.1) is 11.8 Å². The zero-order valence-electron chi connectivity index (χ0n) is 32.7. The van der Waals surface area contributed by atoms with Crippen molar-refractivity contribution in [3.05, 3.63) is 121 Å². The van der Waals surface area contributed by atoms with E-state index in [2.05, 4.69) is 39.4 Å². The standard InChI is InChI=1S/C44H49BrN6O7/c1-5-7-22-35(53)48(4)28(3)38(30-18-12-9-13-19-30)57-43(56)36-37-41(54)51(31(26-52)24-29-16-10-8-11-17-29)40(44(37)25-32(45)39(36)58-44)42(55)49(23-6-2)27-50-34-21-15-14-20-33(34)46-47-50/h5-6,8-21,28,31-32,36-40,52H,1-2,7,22-27H2,3-4H3/t28-,31+,32?,36+,37-,38+,39+,40+,44-/m0/s1. The van der Waals surface area contributed by atoms with E-state index >= 15 is 9.59 Å². The highest BCUT2D eigenvalue weighted by Gasteiger charge is 2.77. The Morgan fingerprint density at radius 2 is 1.74 bits per heavy atom. The van der Waals surface area contributed by atoms with Gasteiger partial charge in [-0.15, -0.1) is 18.3 Å². The summed E-state index contributed by atoms with van der Waals surface area (Å²) in [6, 6.07) is 23.4. The molecule has 2 bridgehead atoms. The van der Waals surface area contributed by atoms with Gasteiger partial charge in [0.15, 0.2) is 0 Å². The zero-order chi connectivity index (χ0) is 41.1. The maximum atomic E-state index is 15.3. The van der Waals surface area contributed by atoms with E-state index < -0.39 is 77.0 Å². The summed E-state index contributed by atoms with van der Waals surface area (Å²) in [5.41, 5.74) is 1.46. The lowest BCUT2D eigenvalue weighted by Gasteiger charge is -2.39. The number of ether oxygens (including phenoxy) is 2. The molecular weight excluding hydrogens is 804 g/mol. The quantitative estimate of drug-likeness (QED) is 0.0895. The lowest BCUT2D eigenvalue weighted by atomic mass is 9.70. The van der Waals surface area contributed by atoms with Crippen LogP contribution in [-0.4, -0.2) is 113 Å². The summed E-state index contributed by atoms with van der Waals surface area (Å²) >= 11 is 3.77. The number of aliphatic hydroxyl groups excluding tert-OH is 1. The van der Waals surface area contributed by atoms with Crippen molar-refractivity contribution in [3.8, 4) is 0 Å². The number of carbonyl (C=O) groups excluding carboxylic acids is 4. The first-order valence-corrected chi connectivity index (χ1v) is 20.5.